The fourth-order valence-electron chi connectivity index (χ4n) is 0.917. The Bertz CT molecular complexity index is 200. The molecule has 0 radical (unpaired) electrons. The lowest BCUT2D eigenvalue weighted by molar-refractivity contribution is -0.133. The molecule has 0 fully saturated rings. The summed E-state index contributed by atoms with van der Waals surface area (Å²) < 4.78 is 0. The maximum atomic E-state index is 11.5. The van der Waals surface area contributed by atoms with Crippen LogP contribution in [0.25, 0.3) is 0 Å². The molecule has 0 amide bonds. The number of aliphatic hydroxyl groups excluding tert-OH is 4. The van der Waals surface area contributed by atoms with E-state index < -0.39 is 38.4 Å². The van der Waals surface area contributed by atoms with Gasteiger partial charge in [0.15, 0.2) is 0 Å². The van der Waals surface area contributed by atoms with Crippen LogP contribution < -0.4 is 0 Å². The predicted molar refractivity (Wildman–Crippen MR) is 53.5 cm³/mol. The third kappa shape index (κ3) is 3.47. The minimum atomic E-state index is -2.19. The van der Waals surface area contributed by atoms with Crippen LogP contribution in [-0.2, 0) is 4.79 Å². The number of carbonyl (C=O) groups excluding carboxylic acids is 1. The lowest BCUT2D eigenvalue weighted by Crippen LogP contribution is -2.51. The third-order valence-corrected chi connectivity index (χ3v) is 3.69. The van der Waals surface area contributed by atoms with Gasteiger partial charge in [-0.2, -0.15) is 0 Å². The van der Waals surface area contributed by atoms with Gasteiger partial charge in [-0.15, -0.1) is 0 Å². The van der Waals surface area contributed by atoms with Crippen molar-refractivity contribution in [3.8, 4) is 0 Å². The summed E-state index contributed by atoms with van der Waals surface area (Å²) in [5, 5.41) is 35.7. The van der Waals surface area contributed by atoms with Crippen LogP contribution in [-0.4, -0.2) is 58.8 Å². The molecule has 0 aromatic rings. The number of hydrogen-bond acceptors (Lipinski definition) is 5. The fourth-order valence-corrected chi connectivity index (χ4v) is 1.98. The van der Waals surface area contributed by atoms with Gasteiger partial charge >= 0.3 is 0 Å². The molecular weight excluding hydrogens is 204 g/mol. The predicted octanol–water partition coefficient (Wildman–Crippen LogP) is -1.49. The van der Waals surface area contributed by atoms with Crippen LogP contribution in [0.4, 0.5) is 0 Å². The summed E-state index contributed by atoms with van der Waals surface area (Å²) in [5.41, 5.74) is 0. The van der Waals surface area contributed by atoms with Crippen molar-refractivity contribution in [2.45, 2.75) is 38.0 Å². The van der Waals surface area contributed by atoms with Gasteiger partial charge in [0.25, 0.3) is 0 Å². The van der Waals surface area contributed by atoms with Crippen molar-refractivity contribution in [3.63, 3.8) is 0 Å². The molecule has 3 atom stereocenters. The van der Waals surface area contributed by atoms with Crippen molar-refractivity contribution in [2.24, 2.45) is 0 Å². The van der Waals surface area contributed by atoms with E-state index in [1.54, 1.807) is 19.6 Å². The first-order valence-corrected chi connectivity index (χ1v) is 7.91. The second-order valence-electron chi connectivity index (χ2n) is 4.30. The van der Waals surface area contributed by atoms with E-state index in [4.69, 9.17) is 10.2 Å². The monoisotopic (exact) mass is 222 g/mol. The molecule has 6 heteroatoms. The minimum absolute atomic E-state index is 0.433. The molecule has 4 N–H and O–H groups in total. The number of rotatable bonds is 5. The zero-order chi connectivity index (χ0) is 11.5. The van der Waals surface area contributed by atoms with E-state index in [1.165, 1.54) is 0 Å². The van der Waals surface area contributed by atoms with E-state index in [1.807, 2.05) is 0 Å². The lowest BCUT2D eigenvalue weighted by Gasteiger charge is -2.25. The molecule has 5 nitrogen and oxygen atoms in total. The maximum Gasteiger partial charge on any atom is 0.141 e. The zero-order valence-electron chi connectivity index (χ0n) is 8.64. The van der Waals surface area contributed by atoms with Crippen molar-refractivity contribution in [1.29, 1.82) is 0 Å². The van der Waals surface area contributed by atoms with Gasteiger partial charge in [0, 0.05) is 0 Å². The van der Waals surface area contributed by atoms with E-state index in [0.29, 0.717) is 0 Å². The summed E-state index contributed by atoms with van der Waals surface area (Å²) >= 11 is 0. The largest absolute Gasteiger partial charge is 0.394 e. The molecule has 0 aliphatic rings. The topological polar surface area (TPSA) is 98.0 Å². The van der Waals surface area contributed by atoms with Crippen LogP contribution >= 0.6 is 0 Å². The molecular formula is C8H18O5Si. The van der Waals surface area contributed by atoms with E-state index in [-0.39, 0.29) is 0 Å². The molecule has 0 rings (SSSR count). The minimum Gasteiger partial charge on any atom is -0.394 e. The summed E-state index contributed by atoms with van der Waals surface area (Å²) in [6.45, 7) is 4.51. The Hall–Kier alpha value is -0.273. The summed E-state index contributed by atoms with van der Waals surface area (Å²) in [6, 6.07) is 0. The van der Waals surface area contributed by atoms with Crippen LogP contribution in [0, 0.1) is 0 Å². The molecule has 84 valence electrons. The van der Waals surface area contributed by atoms with Gasteiger partial charge in [0.1, 0.15) is 31.8 Å². The van der Waals surface area contributed by atoms with Crippen molar-refractivity contribution < 1.29 is 25.2 Å². The molecule has 0 saturated heterocycles. The van der Waals surface area contributed by atoms with Gasteiger partial charge in [-0.3, -0.25) is 0 Å². The van der Waals surface area contributed by atoms with E-state index in [9.17, 15) is 15.0 Å². The molecule has 0 bridgehead atoms. The van der Waals surface area contributed by atoms with Gasteiger partial charge in [-0.1, -0.05) is 19.6 Å². The highest BCUT2D eigenvalue weighted by molar-refractivity contribution is 7.04. The fraction of sp³-hybridized carbons (Fsp3) is 0.875. The average Bonchev–Trinajstić information content (AvgIpc) is 2.11. The summed E-state index contributed by atoms with van der Waals surface area (Å²) in [6.07, 6.45) is -4.70. The van der Waals surface area contributed by atoms with Crippen LogP contribution in [0.2, 0.25) is 19.6 Å². The van der Waals surface area contributed by atoms with Crippen molar-refractivity contribution in [1.82, 2.24) is 0 Å². The summed E-state index contributed by atoms with van der Waals surface area (Å²) in [5.74, 6) is 0. The second-order valence-corrected chi connectivity index (χ2v) is 9.29. The molecule has 0 spiro atoms. The smallest absolute Gasteiger partial charge is 0.141 e. The number of carbonyl (C=O) groups is 1. The van der Waals surface area contributed by atoms with Crippen molar-refractivity contribution in [3.05, 3.63) is 0 Å². The van der Waals surface area contributed by atoms with Gasteiger partial charge < -0.3 is 25.2 Å². The Labute approximate surface area is 84.0 Å². The summed E-state index contributed by atoms with van der Waals surface area (Å²) in [7, 11) is -2.19. The number of hydrogen-bond donors (Lipinski definition) is 4. The molecule has 0 aromatic heterocycles. The van der Waals surface area contributed by atoms with E-state index in [0.717, 1.165) is 0 Å². The highest BCUT2D eigenvalue weighted by Gasteiger charge is 2.36. The molecule has 14 heavy (non-hydrogen) atoms. The Balaban J connectivity index is 4.47. The van der Waals surface area contributed by atoms with Crippen molar-refractivity contribution in [2.75, 3.05) is 6.61 Å². The van der Waals surface area contributed by atoms with E-state index >= 15 is 0 Å². The average molecular weight is 222 g/mol. The second kappa shape index (κ2) is 4.99. The molecule has 0 aliphatic carbocycles. The van der Waals surface area contributed by atoms with Crippen molar-refractivity contribution >= 4 is 13.5 Å². The molecule has 0 aromatic carbocycles. The van der Waals surface area contributed by atoms with Gasteiger partial charge in [0.2, 0.25) is 0 Å². The summed E-state index contributed by atoms with van der Waals surface area (Å²) in [4.78, 5) is 11.5. The quantitative estimate of drug-likeness (QED) is 0.425. The first-order chi connectivity index (χ1) is 6.21. The first kappa shape index (κ1) is 13.7. The lowest BCUT2D eigenvalue weighted by atomic mass is 10.1. The van der Waals surface area contributed by atoms with Gasteiger partial charge in [0.05, 0.1) is 6.61 Å². The first-order valence-electron chi connectivity index (χ1n) is 4.41. The SMILES string of the molecule is C[Si](C)(C)C(=O)[C@H](O)[C@H](O)[C@H](O)CO. The molecule has 0 saturated carbocycles. The Kier molecular flexibility index (Phi) is 4.89. The molecule has 0 unspecified atom stereocenters. The highest BCUT2D eigenvalue weighted by atomic mass is 28.3. The Morgan fingerprint density at radius 2 is 1.64 bits per heavy atom. The highest BCUT2D eigenvalue weighted by Crippen LogP contribution is 2.10. The molecule has 0 aliphatic heterocycles. The standard InChI is InChI=1S/C8H18O5Si/c1-14(2,3)8(13)7(12)6(11)5(10)4-9/h5-7,9-12H,4H2,1-3H3/t5-,6-,7-/m1/s1. The normalized spacial score (nSPS) is 18.8. The zero-order valence-corrected chi connectivity index (χ0v) is 9.64. The van der Waals surface area contributed by atoms with Gasteiger partial charge in [-0.25, -0.2) is 0 Å². The van der Waals surface area contributed by atoms with Gasteiger partial charge in [-0.05, 0) is 0 Å². The Morgan fingerprint density at radius 3 is 1.93 bits per heavy atom. The van der Waals surface area contributed by atoms with Crippen LogP contribution in [0.5, 0.6) is 0 Å². The Morgan fingerprint density at radius 1 is 1.21 bits per heavy atom. The third-order valence-electron chi connectivity index (χ3n) is 1.91. The van der Waals surface area contributed by atoms with E-state index in [2.05, 4.69) is 0 Å². The number of aliphatic hydroxyl groups is 4. The maximum absolute atomic E-state index is 11.5. The van der Waals surface area contributed by atoms with Crippen LogP contribution in [0.3, 0.4) is 0 Å². The van der Waals surface area contributed by atoms with Crippen LogP contribution in [0.15, 0.2) is 0 Å². The molecule has 0 heterocycles. The van der Waals surface area contributed by atoms with Crippen LogP contribution in [0.1, 0.15) is 0 Å².